The van der Waals surface area contributed by atoms with Crippen molar-refractivity contribution in [3.05, 3.63) is 23.8 Å². The SMILES string of the molecule is C=C(C)C(CC=C(C)C)COC(C)=O.CC(=O)O. The fraction of sp³-hybridized carbons (Fsp3) is 0.571. The summed E-state index contributed by atoms with van der Waals surface area (Å²) < 4.78 is 4.97. The first kappa shape index (κ1) is 18.8. The molecule has 1 unspecified atom stereocenters. The van der Waals surface area contributed by atoms with Crippen LogP contribution in [0.5, 0.6) is 0 Å². The van der Waals surface area contributed by atoms with Gasteiger partial charge in [-0.15, -0.1) is 0 Å². The van der Waals surface area contributed by atoms with Gasteiger partial charge in [0.2, 0.25) is 0 Å². The van der Waals surface area contributed by atoms with Crippen LogP contribution >= 0.6 is 0 Å². The number of hydrogen-bond donors (Lipinski definition) is 1. The Kier molecular flexibility index (Phi) is 11.0. The Bertz CT molecular complexity index is 308. The van der Waals surface area contributed by atoms with Crippen LogP contribution < -0.4 is 0 Å². The number of carboxylic acid groups (broad SMARTS) is 1. The lowest BCUT2D eigenvalue weighted by Crippen LogP contribution is -2.12. The van der Waals surface area contributed by atoms with E-state index < -0.39 is 5.97 Å². The predicted octanol–water partition coefficient (Wildman–Crippen LogP) is 3.19. The molecule has 0 aromatic carbocycles. The maximum absolute atomic E-state index is 10.6. The molecule has 0 heterocycles. The smallest absolute Gasteiger partial charge is 0.302 e. The summed E-state index contributed by atoms with van der Waals surface area (Å²) in [5, 5.41) is 7.42. The summed E-state index contributed by atoms with van der Waals surface area (Å²) in [5.74, 6) is -0.817. The highest BCUT2D eigenvalue weighted by Gasteiger charge is 2.09. The molecule has 104 valence electrons. The minimum atomic E-state index is -0.833. The monoisotopic (exact) mass is 256 g/mol. The third kappa shape index (κ3) is 16.8. The molecule has 0 saturated carbocycles. The zero-order chi connectivity index (χ0) is 14.7. The Labute approximate surface area is 109 Å². The normalized spacial score (nSPS) is 10.5. The fourth-order valence-corrected chi connectivity index (χ4v) is 1.01. The molecule has 0 bridgehead atoms. The second-order valence-electron chi connectivity index (χ2n) is 4.38. The van der Waals surface area contributed by atoms with Gasteiger partial charge in [-0.1, -0.05) is 23.8 Å². The van der Waals surface area contributed by atoms with Crippen molar-refractivity contribution in [3.8, 4) is 0 Å². The minimum absolute atomic E-state index is 0.228. The number of rotatable bonds is 5. The highest BCUT2D eigenvalue weighted by atomic mass is 16.5. The van der Waals surface area contributed by atoms with Crippen molar-refractivity contribution in [1.29, 1.82) is 0 Å². The van der Waals surface area contributed by atoms with Crippen LogP contribution in [0.2, 0.25) is 0 Å². The number of allylic oxidation sites excluding steroid dienone is 2. The van der Waals surface area contributed by atoms with E-state index >= 15 is 0 Å². The van der Waals surface area contributed by atoms with Crippen molar-refractivity contribution in [1.82, 2.24) is 0 Å². The van der Waals surface area contributed by atoms with Crippen molar-refractivity contribution in [2.45, 2.75) is 41.0 Å². The molecule has 0 fully saturated rings. The van der Waals surface area contributed by atoms with Gasteiger partial charge < -0.3 is 9.84 Å². The van der Waals surface area contributed by atoms with Gasteiger partial charge in [0.15, 0.2) is 0 Å². The summed E-state index contributed by atoms with van der Waals surface area (Å²) in [6.07, 6.45) is 3.04. The van der Waals surface area contributed by atoms with Crippen LogP contribution in [-0.4, -0.2) is 23.7 Å². The molecule has 0 spiro atoms. The summed E-state index contributed by atoms with van der Waals surface area (Å²) in [6, 6.07) is 0. The standard InChI is InChI=1S/C12H20O2.C2H4O2/c1-9(2)6-7-12(10(3)4)8-14-11(5)13;1-2(3)4/h6,12H,3,7-8H2,1-2,4-5H3;1H3,(H,3,4). The largest absolute Gasteiger partial charge is 0.481 e. The Balaban J connectivity index is 0. The lowest BCUT2D eigenvalue weighted by atomic mass is 9.98. The van der Waals surface area contributed by atoms with E-state index in [0.29, 0.717) is 6.61 Å². The molecule has 1 N–H and O–H groups in total. The number of ether oxygens (including phenoxy) is 1. The zero-order valence-corrected chi connectivity index (χ0v) is 11.9. The first-order valence-electron chi connectivity index (χ1n) is 5.78. The second kappa shape index (κ2) is 10.6. The summed E-state index contributed by atoms with van der Waals surface area (Å²) in [5.41, 5.74) is 2.34. The number of hydrogen-bond acceptors (Lipinski definition) is 3. The molecule has 0 aliphatic rings. The van der Waals surface area contributed by atoms with Gasteiger partial charge in [-0.3, -0.25) is 9.59 Å². The zero-order valence-electron chi connectivity index (χ0n) is 11.9. The van der Waals surface area contributed by atoms with Crippen LogP contribution in [0.4, 0.5) is 0 Å². The van der Waals surface area contributed by atoms with E-state index in [9.17, 15) is 4.79 Å². The molecular weight excluding hydrogens is 232 g/mol. The fourth-order valence-electron chi connectivity index (χ4n) is 1.01. The molecule has 18 heavy (non-hydrogen) atoms. The summed E-state index contributed by atoms with van der Waals surface area (Å²) in [6.45, 7) is 12.9. The van der Waals surface area contributed by atoms with E-state index in [2.05, 4.69) is 26.5 Å². The third-order valence-corrected chi connectivity index (χ3v) is 2.00. The van der Waals surface area contributed by atoms with Crippen LogP contribution in [0.25, 0.3) is 0 Å². The highest BCUT2D eigenvalue weighted by Crippen LogP contribution is 2.15. The molecule has 1 atom stereocenters. The first-order chi connectivity index (χ1) is 8.16. The van der Waals surface area contributed by atoms with Gasteiger partial charge in [0.25, 0.3) is 5.97 Å². The van der Waals surface area contributed by atoms with Crippen LogP contribution in [0.15, 0.2) is 23.8 Å². The molecule has 0 saturated heterocycles. The van der Waals surface area contributed by atoms with Crippen molar-refractivity contribution in [2.75, 3.05) is 6.61 Å². The van der Waals surface area contributed by atoms with Gasteiger partial charge in [0.1, 0.15) is 0 Å². The maximum Gasteiger partial charge on any atom is 0.302 e. The molecule has 0 aromatic rings. The van der Waals surface area contributed by atoms with E-state index in [4.69, 9.17) is 14.6 Å². The molecule has 0 radical (unpaired) electrons. The predicted molar refractivity (Wildman–Crippen MR) is 72.3 cm³/mol. The number of carboxylic acids is 1. The van der Waals surface area contributed by atoms with Gasteiger partial charge in [0.05, 0.1) is 6.61 Å². The summed E-state index contributed by atoms with van der Waals surface area (Å²) in [7, 11) is 0. The van der Waals surface area contributed by atoms with E-state index in [-0.39, 0.29) is 11.9 Å². The van der Waals surface area contributed by atoms with Crippen molar-refractivity contribution in [2.24, 2.45) is 5.92 Å². The molecule has 0 rings (SSSR count). The second-order valence-corrected chi connectivity index (χ2v) is 4.38. The van der Waals surface area contributed by atoms with E-state index in [1.807, 2.05) is 6.92 Å². The molecule has 0 aliphatic carbocycles. The topological polar surface area (TPSA) is 63.6 Å². The number of aliphatic carboxylic acids is 1. The lowest BCUT2D eigenvalue weighted by molar-refractivity contribution is -0.142. The van der Waals surface area contributed by atoms with Crippen LogP contribution in [0.3, 0.4) is 0 Å². The van der Waals surface area contributed by atoms with Gasteiger partial charge in [-0.05, 0) is 27.2 Å². The molecule has 0 amide bonds. The maximum atomic E-state index is 10.6. The Morgan fingerprint density at radius 1 is 1.22 bits per heavy atom. The Morgan fingerprint density at radius 3 is 1.94 bits per heavy atom. The van der Waals surface area contributed by atoms with Crippen LogP contribution in [0.1, 0.15) is 41.0 Å². The van der Waals surface area contributed by atoms with Crippen molar-refractivity contribution < 1.29 is 19.4 Å². The summed E-state index contributed by atoms with van der Waals surface area (Å²) in [4.78, 5) is 19.6. The molecule has 4 heteroatoms. The number of carbonyl (C=O) groups excluding carboxylic acids is 1. The molecule has 0 aromatic heterocycles. The average Bonchev–Trinajstić information content (AvgIpc) is 2.14. The quantitative estimate of drug-likeness (QED) is 0.606. The highest BCUT2D eigenvalue weighted by molar-refractivity contribution is 5.65. The van der Waals surface area contributed by atoms with Gasteiger partial charge in [0, 0.05) is 19.8 Å². The molecular formula is C14H24O4. The van der Waals surface area contributed by atoms with Crippen molar-refractivity contribution in [3.63, 3.8) is 0 Å². The van der Waals surface area contributed by atoms with Crippen molar-refractivity contribution >= 4 is 11.9 Å². The van der Waals surface area contributed by atoms with E-state index in [1.165, 1.54) is 12.5 Å². The first-order valence-corrected chi connectivity index (χ1v) is 5.78. The summed E-state index contributed by atoms with van der Waals surface area (Å²) >= 11 is 0. The molecule has 4 nitrogen and oxygen atoms in total. The Hall–Kier alpha value is -1.58. The van der Waals surface area contributed by atoms with Gasteiger partial charge in [-0.25, -0.2) is 0 Å². The average molecular weight is 256 g/mol. The number of carbonyl (C=O) groups is 2. The Morgan fingerprint density at radius 2 is 1.67 bits per heavy atom. The minimum Gasteiger partial charge on any atom is -0.481 e. The lowest BCUT2D eigenvalue weighted by Gasteiger charge is -2.14. The number of esters is 1. The van der Waals surface area contributed by atoms with Crippen LogP contribution in [0, 0.1) is 5.92 Å². The van der Waals surface area contributed by atoms with E-state index in [0.717, 1.165) is 18.9 Å². The molecule has 0 aliphatic heterocycles. The van der Waals surface area contributed by atoms with Gasteiger partial charge >= 0.3 is 5.97 Å². The van der Waals surface area contributed by atoms with Gasteiger partial charge in [-0.2, -0.15) is 0 Å². The third-order valence-electron chi connectivity index (χ3n) is 2.00. The van der Waals surface area contributed by atoms with Crippen LogP contribution in [-0.2, 0) is 14.3 Å². The van der Waals surface area contributed by atoms with E-state index in [1.54, 1.807) is 0 Å².